The third kappa shape index (κ3) is 2.34. The number of carbonyl (C=O) groups is 2. The van der Waals surface area contributed by atoms with E-state index in [1.165, 1.54) is 0 Å². The molecule has 0 aliphatic rings. The van der Waals surface area contributed by atoms with E-state index in [1.54, 1.807) is 30.3 Å². The lowest BCUT2D eigenvalue weighted by atomic mass is 10.0. The van der Waals surface area contributed by atoms with Crippen LogP contribution in [0.4, 0.5) is 5.69 Å². The molecule has 1 aromatic heterocycles. The number of hydrogen-bond acceptors (Lipinski definition) is 3. The zero-order valence-corrected chi connectivity index (χ0v) is 11.0. The van der Waals surface area contributed by atoms with Crippen LogP contribution >= 0.6 is 0 Å². The van der Waals surface area contributed by atoms with Crippen LogP contribution in [0, 0.1) is 0 Å². The number of nitrogens with one attached hydrogen (secondary N) is 2. The molecule has 1 heterocycles. The highest BCUT2D eigenvalue weighted by Gasteiger charge is 2.11. The molecule has 0 spiro atoms. The molecule has 0 unspecified atom stereocenters. The van der Waals surface area contributed by atoms with Gasteiger partial charge in [-0.15, -0.1) is 0 Å². The molecule has 0 radical (unpaired) electrons. The summed E-state index contributed by atoms with van der Waals surface area (Å²) in [5.74, 6) is -0.486. The number of benzene rings is 2. The van der Waals surface area contributed by atoms with E-state index >= 15 is 0 Å². The van der Waals surface area contributed by atoms with Crippen molar-refractivity contribution >= 4 is 28.9 Å². The summed E-state index contributed by atoms with van der Waals surface area (Å²) in [4.78, 5) is 21.8. The molecule has 6 nitrogen and oxygen atoms in total. The molecular formula is C15H12N4O2. The smallest absolute Gasteiger partial charge is 0.248 e. The van der Waals surface area contributed by atoms with Gasteiger partial charge in [0.15, 0.2) is 0 Å². The Kier molecular flexibility index (Phi) is 3.12. The van der Waals surface area contributed by atoms with E-state index in [0.29, 0.717) is 23.4 Å². The first-order valence-corrected chi connectivity index (χ1v) is 6.27. The van der Waals surface area contributed by atoms with Gasteiger partial charge in [-0.25, -0.2) is 0 Å². The second-order valence-corrected chi connectivity index (χ2v) is 4.54. The van der Waals surface area contributed by atoms with E-state index in [0.717, 1.165) is 16.5 Å². The van der Waals surface area contributed by atoms with E-state index in [4.69, 9.17) is 5.73 Å². The van der Waals surface area contributed by atoms with Gasteiger partial charge in [0.05, 0.1) is 11.2 Å². The van der Waals surface area contributed by atoms with Crippen LogP contribution in [0.2, 0.25) is 0 Å². The number of H-pyrrole nitrogens is 1. The van der Waals surface area contributed by atoms with Crippen molar-refractivity contribution in [3.63, 3.8) is 0 Å². The second kappa shape index (κ2) is 5.09. The van der Waals surface area contributed by atoms with Gasteiger partial charge in [0, 0.05) is 22.2 Å². The molecule has 2 amide bonds. The van der Waals surface area contributed by atoms with Crippen LogP contribution in [0.15, 0.2) is 42.5 Å². The largest absolute Gasteiger partial charge is 0.366 e. The Bertz CT molecular complexity index is 839. The van der Waals surface area contributed by atoms with Crippen LogP contribution in [-0.2, 0) is 4.79 Å². The van der Waals surface area contributed by atoms with Crippen LogP contribution in [0.1, 0.15) is 10.4 Å². The first-order chi connectivity index (χ1) is 10.2. The minimum absolute atomic E-state index is 0.423. The number of amides is 2. The Morgan fingerprint density at radius 2 is 2.10 bits per heavy atom. The van der Waals surface area contributed by atoms with Gasteiger partial charge in [0.25, 0.3) is 0 Å². The standard InChI is InChI=1S/C15H12N4O2/c16-15(21)10-4-5-13-12(7-10)14(19-18-13)9-2-1-3-11(6-9)17-8-20/h1-8H,(H2,16,21)(H,17,20)(H,18,19). The highest BCUT2D eigenvalue weighted by atomic mass is 16.1. The van der Waals surface area contributed by atoms with E-state index < -0.39 is 5.91 Å². The van der Waals surface area contributed by atoms with E-state index in [9.17, 15) is 9.59 Å². The summed E-state index contributed by atoms with van der Waals surface area (Å²) in [5.41, 5.74) is 8.74. The lowest BCUT2D eigenvalue weighted by molar-refractivity contribution is -0.105. The van der Waals surface area contributed by atoms with Crippen LogP contribution in [0.25, 0.3) is 22.2 Å². The predicted octanol–water partition coefficient (Wildman–Crippen LogP) is 1.90. The zero-order chi connectivity index (χ0) is 14.8. The maximum Gasteiger partial charge on any atom is 0.248 e. The number of nitrogens with two attached hydrogens (primary N) is 1. The van der Waals surface area contributed by atoms with Gasteiger partial charge in [0.1, 0.15) is 0 Å². The van der Waals surface area contributed by atoms with Crippen molar-refractivity contribution in [2.24, 2.45) is 5.73 Å². The topological polar surface area (TPSA) is 101 Å². The molecule has 0 saturated heterocycles. The normalized spacial score (nSPS) is 10.5. The lowest BCUT2D eigenvalue weighted by Crippen LogP contribution is -2.10. The number of carbonyl (C=O) groups excluding carboxylic acids is 2. The predicted molar refractivity (Wildman–Crippen MR) is 79.7 cm³/mol. The van der Waals surface area contributed by atoms with E-state index in [-0.39, 0.29) is 0 Å². The van der Waals surface area contributed by atoms with Crippen molar-refractivity contribution in [3.8, 4) is 11.3 Å². The summed E-state index contributed by atoms with van der Waals surface area (Å²) >= 11 is 0. The molecule has 0 bridgehead atoms. The minimum atomic E-state index is -0.486. The fourth-order valence-corrected chi connectivity index (χ4v) is 2.21. The molecular weight excluding hydrogens is 268 g/mol. The highest BCUT2D eigenvalue weighted by Crippen LogP contribution is 2.28. The fraction of sp³-hybridized carbons (Fsp3) is 0. The molecule has 0 saturated carbocycles. The maximum absolute atomic E-state index is 11.3. The molecule has 104 valence electrons. The molecule has 3 aromatic rings. The van der Waals surface area contributed by atoms with Crippen molar-refractivity contribution in [3.05, 3.63) is 48.0 Å². The Morgan fingerprint density at radius 3 is 2.86 bits per heavy atom. The van der Waals surface area contributed by atoms with Crippen LogP contribution in [0.5, 0.6) is 0 Å². The maximum atomic E-state index is 11.3. The van der Waals surface area contributed by atoms with Gasteiger partial charge in [0.2, 0.25) is 12.3 Å². The molecule has 0 fully saturated rings. The summed E-state index contributed by atoms with van der Waals surface area (Å²) in [6.45, 7) is 0. The van der Waals surface area contributed by atoms with Gasteiger partial charge < -0.3 is 11.1 Å². The van der Waals surface area contributed by atoms with Crippen molar-refractivity contribution in [2.45, 2.75) is 0 Å². The molecule has 6 heteroatoms. The summed E-state index contributed by atoms with van der Waals surface area (Å²) in [5, 5.41) is 10.6. The molecule has 21 heavy (non-hydrogen) atoms. The monoisotopic (exact) mass is 280 g/mol. The Balaban J connectivity index is 2.15. The van der Waals surface area contributed by atoms with Gasteiger partial charge in [-0.1, -0.05) is 12.1 Å². The molecule has 3 rings (SSSR count). The van der Waals surface area contributed by atoms with Crippen LogP contribution in [-0.4, -0.2) is 22.5 Å². The molecule has 2 aromatic carbocycles. The Morgan fingerprint density at radius 1 is 1.24 bits per heavy atom. The number of nitrogens with zero attached hydrogens (tertiary/aromatic N) is 1. The number of primary amides is 1. The third-order valence-electron chi connectivity index (χ3n) is 3.21. The molecule has 0 aliphatic heterocycles. The van der Waals surface area contributed by atoms with Crippen LogP contribution in [0.3, 0.4) is 0 Å². The first kappa shape index (κ1) is 12.9. The van der Waals surface area contributed by atoms with Crippen LogP contribution < -0.4 is 11.1 Å². The van der Waals surface area contributed by atoms with Crippen molar-refractivity contribution in [2.75, 3.05) is 5.32 Å². The number of anilines is 1. The van der Waals surface area contributed by atoms with Crippen molar-refractivity contribution in [1.82, 2.24) is 10.2 Å². The highest BCUT2D eigenvalue weighted by molar-refractivity contribution is 6.01. The number of hydrogen-bond donors (Lipinski definition) is 3. The average Bonchev–Trinajstić information content (AvgIpc) is 2.90. The first-order valence-electron chi connectivity index (χ1n) is 6.27. The number of rotatable bonds is 4. The minimum Gasteiger partial charge on any atom is -0.366 e. The number of aromatic nitrogens is 2. The third-order valence-corrected chi connectivity index (χ3v) is 3.21. The summed E-state index contributed by atoms with van der Waals surface area (Å²) in [7, 11) is 0. The zero-order valence-electron chi connectivity index (χ0n) is 11.0. The fourth-order valence-electron chi connectivity index (χ4n) is 2.21. The van der Waals surface area contributed by atoms with E-state index in [1.807, 2.05) is 12.1 Å². The van der Waals surface area contributed by atoms with Crippen molar-refractivity contribution in [1.29, 1.82) is 0 Å². The molecule has 0 atom stereocenters. The lowest BCUT2D eigenvalue weighted by Gasteiger charge is -2.03. The van der Waals surface area contributed by atoms with E-state index in [2.05, 4.69) is 15.5 Å². The molecule has 4 N–H and O–H groups in total. The van der Waals surface area contributed by atoms with Gasteiger partial charge >= 0.3 is 0 Å². The molecule has 0 aliphatic carbocycles. The summed E-state index contributed by atoms with van der Waals surface area (Å²) < 4.78 is 0. The van der Waals surface area contributed by atoms with Gasteiger partial charge in [-0.2, -0.15) is 5.10 Å². The second-order valence-electron chi connectivity index (χ2n) is 4.54. The van der Waals surface area contributed by atoms with Gasteiger partial charge in [-0.05, 0) is 30.3 Å². The summed E-state index contributed by atoms with van der Waals surface area (Å²) in [6, 6.07) is 12.4. The quantitative estimate of drug-likeness (QED) is 0.636. The number of fused-ring (bicyclic) bond motifs is 1. The number of aromatic amines is 1. The Labute approximate surface area is 120 Å². The SMILES string of the molecule is NC(=O)c1ccc2[nH]nc(-c3cccc(NC=O)c3)c2c1. The van der Waals surface area contributed by atoms with Crippen molar-refractivity contribution < 1.29 is 9.59 Å². The average molecular weight is 280 g/mol. The van der Waals surface area contributed by atoms with Gasteiger partial charge in [-0.3, -0.25) is 14.7 Å². The summed E-state index contributed by atoms with van der Waals surface area (Å²) in [6.07, 6.45) is 0.618. The Hall–Kier alpha value is -3.15.